The molecule has 2 N–H and O–H groups in total. The molecular weight excluding hydrogens is 212 g/mol. The molecule has 0 saturated heterocycles. The van der Waals surface area contributed by atoms with Gasteiger partial charge in [-0.1, -0.05) is 12.1 Å². The lowest BCUT2D eigenvalue weighted by Crippen LogP contribution is -2.32. The number of hydrogen-bond acceptors (Lipinski definition) is 4. The van der Waals surface area contributed by atoms with Crippen molar-refractivity contribution in [3.8, 4) is 0 Å². The summed E-state index contributed by atoms with van der Waals surface area (Å²) in [4.78, 5) is 10.6. The monoisotopic (exact) mass is 226 g/mol. The Bertz CT molecular complexity index is 591. The van der Waals surface area contributed by atoms with Crippen molar-refractivity contribution in [3.63, 3.8) is 0 Å². The number of likely N-dealkylation sites (N-methyl/N-ethyl adjacent to an activating group) is 1. The van der Waals surface area contributed by atoms with Gasteiger partial charge in [-0.15, -0.1) is 0 Å². The molecule has 1 aliphatic rings. The number of nitrogens with zero attached hydrogens (tertiary/aromatic N) is 3. The van der Waals surface area contributed by atoms with E-state index in [2.05, 4.69) is 28.2 Å². The first-order valence-corrected chi connectivity index (χ1v) is 5.63. The quantitative estimate of drug-likeness (QED) is 0.802. The fourth-order valence-electron chi connectivity index (χ4n) is 2.20. The molecule has 0 radical (unpaired) electrons. The van der Waals surface area contributed by atoms with Gasteiger partial charge in [0, 0.05) is 18.6 Å². The van der Waals surface area contributed by atoms with E-state index in [0.29, 0.717) is 5.96 Å². The first kappa shape index (κ1) is 10.1. The molecular formula is C13H14N4. The van der Waals surface area contributed by atoms with Gasteiger partial charge in [-0.25, -0.2) is 0 Å². The molecule has 0 fully saturated rings. The highest BCUT2D eigenvalue weighted by atomic mass is 15.3. The summed E-state index contributed by atoms with van der Waals surface area (Å²) in [5, 5.41) is 1.16. The van der Waals surface area contributed by atoms with E-state index in [1.54, 1.807) is 0 Å². The summed E-state index contributed by atoms with van der Waals surface area (Å²) in [6.45, 7) is 0.730. The Kier molecular flexibility index (Phi) is 2.21. The van der Waals surface area contributed by atoms with Gasteiger partial charge in [0.1, 0.15) is 0 Å². The maximum atomic E-state index is 5.78. The summed E-state index contributed by atoms with van der Waals surface area (Å²) in [7, 11) is 1.98. The zero-order chi connectivity index (χ0) is 11.8. The number of guanidine groups is 1. The summed E-state index contributed by atoms with van der Waals surface area (Å²) in [5.74, 6) is 0.612. The van der Waals surface area contributed by atoms with Gasteiger partial charge >= 0.3 is 0 Å². The van der Waals surface area contributed by atoms with Gasteiger partial charge in [0.2, 0.25) is 0 Å². The van der Waals surface area contributed by atoms with E-state index in [-0.39, 0.29) is 6.04 Å². The molecule has 2 aromatic rings. The lowest BCUT2D eigenvalue weighted by molar-refractivity contribution is 0.414. The van der Waals surface area contributed by atoms with Crippen molar-refractivity contribution in [3.05, 3.63) is 42.1 Å². The van der Waals surface area contributed by atoms with Gasteiger partial charge in [0.15, 0.2) is 5.96 Å². The van der Waals surface area contributed by atoms with Gasteiger partial charge in [0.05, 0.1) is 18.1 Å². The second-order valence-corrected chi connectivity index (χ2v) is 4.28. The molecule has 0 amide bonds. The number of rotatable bonds is 1. The highest BCUT2D eigenvalue weighted by molar-refractivity contribution is 5.82. The summed E-state index contributed by atoms with van der Waals surface area (Å²) in [6, 6.07) is 10.6. The Morgan fingerprint density at radius 2 is 2.24 bits per heavy atom. The molecule has 2 heterocycles. The van der Waals surface area contributed by atoms with Crippen molar-refractivity contribution in [2.75, 3.05) is 13.6 Å². The molecule has 1 unspecified atom stereocenters. The molecule has 0 saturated carbocycles. The van der Waals surface area contributed by atoms with Crippen LogP contribution in [0.3, 0.4) is 0 Å². The Labute approximate surface area is 99.8 Å². The average Bonchev–Trinajstić information content (AvgIpc) is 2.70. The fourth-order valence-corrected chi connectivity index (χ4v) is 2.20. The Balaban J connectivity index is 2.02. The van der Waals surface area contributed by atoms with Crippen molar-refractivity contribution in [2.45, 2.75) is 6.04 Å². The number of fused-ring (bicyclic) bond motifs is 1. The predicted molar refractivity (Wildman–Crippen MR) is 68.7 cm³/mol. The summed E-state index contributed by atoms with van der Waals surface area (Å²) in [6.07, 6.45) is 1.81. The topological polar surface area (TPSA) is 54.5 Å². The zero-order valence-corrected chi connectivity index (χ0v) is 9.67. The molecule has 0 aliphatic carbocycles. The normalized spacial score (nSPS) is 19.7. The van der Waals surface area contributed by atoms with Crippen LogP contribution in [0, 0.1) is 0 Å². The van der Waals surface area contributed by atoms with Gasteiger partial charge in [0.25, 0.3) is 0 Å². The molecule has 4 heteroatoms. The fraction of sp³-hybridized carbons (Fsp3) is 0.231. The third-order valence-corrected chi connectivity index (χ3v) is 3.27. The van der Waals surface area contributed by atoms with Crippen LogP contribution in [-0.4, -0.2) is 29.4 Å². The maximum absolute atomic E-state index is 5.78. The van der Waals surface area contributed by atoms with Crippen molar-refractivity contribution >= 4 is 16.9 Å². The Morgan fingerprint density at radius 3 is 3.00 bits per heavy atom. The third-order valence-electron chi connectivity index (χ3n) is 3.27. The van der Waals surface area contributed by atoms with Crippen molar-refractivity contribution < 1.29 is 0 Å². The standard InChI is InChI=1S/C13H14N4/c1-17-12(8-16-13(17)14)10-4-5-11-9(7-10)3-2-6-15-11/h2-7,12H,8H2,1H3,(H2,14,16). The molecule has 1 aliphatic heterocycles. The van der Waals surface area contributed by atoms with Crippen LogP contribution in [0.15, 0.2) is 41.5 Å². The number of pyridine rings is 1. The third kappa shape index (κ3) is 1.62. The number of benzene rings is 1. The van der Waals surface area contributed by atoms with E-state index in [1.165, 1.54) is 5.56 Å². The minimum atomic E-state index is 0.250. The van der Waals surface area contributed by atoms with Crippen LogP contribution in [0.2, 0.25) is 0 Å². The van der Waals surface area contributed by atoms with Gasteiger partial charge in [-0.2, -0.15) is 0 Å². The summed E-state index contributed by atoms with van der Waals surface area (Å²) >= 11 is 0. The van der Waals surface area contributed by atoms with E-state index < -0.39 is 0 Å². The van der Waals surface area contributed by atoms with Gasteiger partial charge < -0.3 is 10.6 Å². The van der Waals surface area contributed by atoms with Crippen LogP contribution in [0.4, 0.5) is 0 Å². The largest absolute Gasteiger partial charge is 0.370 e. The lowest BCUT2D eigenvalue weighted by atomic mass is 10.0. The first-order valence-electron chi connectivity index (χ1n) is 5.63. The minimum Gasteiger partial charge on any atom is -0.370 e. The molecule has 4 nitrogen and oxygen atoms in total. The second-order valence-electron chi connectivity index (χ2n) is 4.28. The summed E-state index contributed by atoms with van der Waals surface area (Å²) < 4.78 is 0. The molecule has 17 heavy (non-hydrogen) atoms. The van der Waals surface area contributed by atoms with Gasteiger partial charge in [-0.05, 0) is 23.8 Å². The van der Waals surface area contributed by atoms with Crippen LogP contribution in [-0.2, 0) is 0 Å². The average molecular weight is 226 g/mol. The van der Waals surface area contributed by atoms with E-state index in [9.17, 15) is 0 Å². The number of aliphatic imine (C=N–C) groups is 1. The van der Waals surface area contributed by atoms with Crippen LogP contribution >= 0.6 is 0 Å². The van der Waals surface area contributed by atoms with Crippen LogP contribution in [0.1, 0.15) is 11.6 Å². The summed E-state index contributed by atoms with van der Waals surface area (Å²) in [5.41, 5.74) is 8.03. The molecule has 0 bridgehead atoms. The van der Waals surface area contributed by atoms with Crippen LogP contribution in [0.25, 0.3) is 10.9 Å². The second kappa shape index (κ2) is 3.73. The van der Waals surface area contributed by atoms with Crippen molar-refractivity contribution in [2.24, 2.45) is 10.7 Å². The predicted octanol–water partition coefficient (Wildman–Crippen LogP) is 1.54. The Morgan fingerprint density at radius 1 is 1.35 bits per heavy atom. The smallest absolute Gasteiger partial charge is 0.191 e. The molecule has 1 aromatic heterocycles. The first-order chi connectivity index (χ1) is 8.25. The molecule has 1 atom stereocenters. The molecule has 3 rings (SSSR count). The van der Waals surface area contributed by atoms with Crippen molar-refractivity contribution in [1.82, 2.24) is 9.88 Å². The lowest BCUT2D eigenvalue weighted by Gasteiger charge is -2.21. The highest BCUT2D eigenvalue weighted by Gasteiger charge is 2.23. The van der Waals surface area contributed by atoms with E-state index in [0.717, 1.165) is 17.4 Å². The van der Waals surface area contributed by atoms with Crippen molar-refractivity contribution in [1.29, 1.82) is 0 Å². The zero-order valence-electron chi connectivity index (χ0n) is 9.67. The molecule has 86 valence electrons. The number of aromatic nitrogens is 1. The van der Waals surface area contributed by atoms with Gasteiger partial charge in [-0.3, -0.25) is 9.98 Å². The molecule has 0 spiro atoms. The van der Waals surface area contributed by atoms with Crippen LogP contribution in [0.5, 0.6) is 0 Å². The SMILES string of the molecule is CN1C(N)=NCC1c1ccc2ncccc2c1. The van der Waals surface area contributed by atoms with E-state index >= 15 is 0 Å². The van der Waals surface area contributed by atoms with E-state index in [1.807, 2.05) is 30.3 Å². The minimum absolute atomic E-state index is 0.250. The highest BCUT2D eigenvalue weighted by Crippen LogP contribution is 2.26. The van der Waals surface area contributed by atoms with E-state index in [4.69, 9.17) is 5.73 Å². The number of hydrogen-bond donors (Lipinski definition) is 1. The maximum Gasteiger partial charge on any atom is 0.191 e. The number of nitrogens with two attached hydrogens (primary N) is 1. The molecule has 1 aromatic carbocycles. The Hall–Kier alpha value is -2.10. The van der Waals surface area contributed by atoms with Crippen LogP contribution < -0.4 is 5.73 Å².